The van der Waals surface area contributed by atoms with E-state index < -0.39 is 12.2 Å². The predicted molar refractivity (Wildman–Crippen MR) is 104 cm³/mol. The van der Waals surface area contributed by atoms with E-state index in [4.69, 9.17) is 25.8 Å². The minimum Gasteiger partial charge on any atom is -0.482 e. The van der Waals surface area contributed by atoms with Crippen LogP contribution in [0.3, 0.4) is 0 Å². The van der Waals surface area contributed by atoms with Crippen molar-refractivity contribution in [3.05, 3.63) is 47.5 Å². The number of hydrogen-bond donors (Lipinski definition) is 1. The molecule has 0 aliphatic carbocycles. The molecular weight excluding hydrogens is 368 g/mol. The van der Waals surface area contributed by atoms with Gasteiger partial charge in [0.25, 0.3) is 5.91 Å². The molecule has 0 aromatic heterocycles. The Morgan fingerprint density at radius 3 is 2.52 bits per heavy atom. The number of rotatable bonds is 3. The zero-order valence-electron chi connectivity index (χ0n) is 15.0. The third-order valence-corrected chi connectivity index (χ3v) is 4.98. The van der Waals surface area contributed by atoms with Gasteiger partial charge in [-0.25, -0.2) is 0 Å². The third kappa shape index (κ3) is 3.68. The molecule has 0 spiro atoms. The van der Waals surface area contributed by atoms with Gasteiger partial charge in [0, 0.05) is 13.1 Å². The van der Waals surface area contributed by atoms with Crippen LogP contribution in [0.4, 0.5) is 11.4 Å². The van der Waals surface area contributed by atoms with Crippen LogP contribution in [0.5, 0.6) is 11.5 Å². The first-order valence-electron chi connectivity index (χ1n) is 8.98. The standard InChI is InChI=1S/C20H21ClN2O4/c1-13-19(27-17-8-3-2-7-16(17)26-13)20(24)22-15-6-4-5-14(21)18(15)23-9-11-25-12-10-23/h2-8,13,19H,9-12H2,1H3,(H,22,24). The molecular formula is C20H21ClN2O4. The summed E-state index contributed by atoms with van der Waals surface area (Å²) in [5.74, 6) is 0.940. The second kappa shape index (κ2) is 7.66. The van der Waals surface area contributed by atoms with Crippen LogP contribution in [0.15, 0.2) is 42.5 Å². The summed E-state index contributed by atoms with van der Waals surface area (Å²) in [4.78, 5) is 15.1. The van der Waals surface area contributed by atoms with Crippen LogP contribution in [-0.4, -0.2) is 44.4 Å². The van der Waals surface area contributed by atoms with Crippen LogP contribution in [0.2, 0.25) is 5.02 Å². The first kappa shape index (κ1) is 17.9. The van der Waals surface area contributed by atoms with Gasteiger partial charge < -0.3 is 24.4 Å². The van der Waals surface area contributed by atoms with Gasteiger partial charge in [0.1, 0.15) is 6.10 Å². The molecule has 2 heterocycles. The van der Waals surface area contributed by atoms with Crippen LogP contribution < -0.4 is 19.7 Å². The van der Waals surface area contributed by atoms with E-state index in [-0.39, 0.29) is 5.91 Å². The molecule has 1 amide bonds. The Balaban J connectivity index is 1.56. The smallest absolute Gasteiger partial charge is 0.269 e. The van der Waals surface area contributed by atoms with Crippen LogP contribution in [-0.2, 0) is 9.53 Å². The summed E-state index contributed by atoms with van der Waals surface area (Å²) in [6.07, 6.45) is -1.16. The molecule has 2 aliphatic heterocycles. The number of morpholine rings is 1. The maximum absolute atomic E-state index is 12.9. The quantitative estimate of drug-likeness (QED) is 0.873. The highest BCUT2D eigenvalue weighted by Crippen LogP contribution is 2.36. The number of amides is 1. The molecule has 6 nitrogen and oxygen atoms in total. The molecule has 0 bridgehead atoms. The SMILES string of the molecule is CC1Oc2ccccc2OC1C(=O)Nc1cccc(Cl)c1N1CCOCC1. The Morgan fingerprint density at radius 2 is 1.78 bits per heavy atom. The summed E-state index contributed by atoms with van der Waals surface area (Å²) in [7, 11) is 0. The van der Waals surface area contributed by atoms with E-state index in [1.54, 1.807) is 6.07 Å². The lowest BCUT2D eigenvalue weighted by atomic mass is 10.1. The average Bonchev–Trinajstić information content (AvgIpc) is 2.68. The van der Waals surface area contributed by atoms with Gasteiger partial charge in [0.05, 0.1) is 29.6 Å². The lowest BCUT2D eigenvalue weighted by Gasteiger charge is -2.33. The molecule has 1 fully saturated rings. The number of nitrogens with zero attached hydrogens (tertiary/aromatic N) is 1. The lowest BCUT2D eigenvalue weighted by Crippen LogP contribution is -2.46. The van der Waals surface area contributed by atoms with Gasteiger partial charge in [-0.1, -0.05) is 29.8 Å². The van der Waals surface area contributed by atoms with Gasteiger partial charge in [0.15, 0.2) is 11.5 Å². The minimum absolute atomic E-state index is 0.270. The molecule has 27 heavy (non-hydrogen) atoms. The molecule has 2 unspecified atom stereocenters. The van der Waals surface area contributed by atoms with Crippen molar-refractivity contribution in [2.45, 2.75) is 19.1 Å². The number of hydrogen-bond acceptors (Lipinski definition) is 5. The molecule has 2 atom stereocenters. The molecule has 0 radical (unpaired) electrons. The van der Waals surface area contributed by atoms with E-state index in [1.165, 1.54) is 0 Å². The third-order valence-electron chi connectivity index (χ3n) is 4.67. The highest BCUT2D eigenvalue weighted by molar-refractivity contribution is 6.34. The van der Waals surface area contributed by atoms with Gasteiger partial charge in [-0.05, 0) is 31.2 Å². The van der Waals surface area contributed by atoms with E-state index in [1.807, 2.05) is 43.3 Å². The van der Waals surface area contributed by atoms with Gasteiger partial charge in [-0.2, -0.15) is 0 Å². The van der Waals surface area contributed by atoms with Crippen LogP contribution in [0.25, 0.3) is 0 Å². The second-order valence-corrected chi connectivity index (χ2v) is 6.94. The van der Waals surface area contributed by atoms with E-state index in [9.17, 15) is 4.79 Å². The van der Waals surface area contributed by atoms with E-state index in [2.05, 4.69) is 10.2 Å². The van der Waals surface area contributed by atoms with Crippen LogP contribution in [0, 0.1) is 0 Å². The molecule has 0 saturated carbocycles. The first-order valence-corrected chi connectivity index (χ1v) is 9.35. The maximum Gasteiger partial charge on any atom is 0.269 e. The number of fused-ring (bicyclic) bond motifs is 1. The fourth-order valence-corrected chi connectivity index (χ4v) is 3.63. The Morgan fingerprint density at radius 1 is 1.07 bits per heavy atom. The van der Waals surface area contributed by atoms with Crippen molar-refractivity contribution in [3.63, 3.8) is 0 Å². The number of para-hydroxylation sites is 3. The van der Waals surface area contributed by atoms with Crippen LogP contribution >= 0.6 is 11.6 Å². The Hall–Kier alpha value is -2.44. The number of benzene rings is 2. The van der Waals surface area contributed by atoms with Crippen molar-refractivity contribution in [2.75, 3.05) is 36.5 Å². The Bertz CT molecular complexity index is 838. The van der Waals surface area contributed by atoms with E-state index >= 15 is 0 Å². The fraction of sp³-hybridized carbons (Fsp3) is 0.350. The molecule has 1 saturated heterocycles. The van der Waals surface area contributed by atoms with Crippen molar-refractivity contribution >= 4 is 28.9 Å². The number of carbonyl (C=O) groups excluding carboxylic acids is 1. The zero-order valence-corrected chi connectivity index (χ0v) is 15.7. The van der Waals surface area contributed by atoms with E-state index in [0.29, 0.717) is 35.4 Å². The normalized spacial score (nSPS) is 21.6. The molecule has 2 aromatic carbocycles. The number of anilines is 2. The molecule has 2 aromatic rings. The van der Waals surface area contributed by atoms with Crippen LogP contribution in [0.1, 0.15) is 6.92 Å². The second-order valence-electron chi connectivity index (χ2n) is 6.53. The maximum atomic E-state index is 12.9. The molecule has 1 N–H and O–H groups in total. The highest BCUT2D eigenvalue weighted by atomic mass is 35.5. The first-order chi connectivity index (χ1) is 13.1. The average molecular weight is 389 g/mol. The monoisotopic (exact) mass is 388 g/mol. The van der Waals surface area contributed by atoms with Crippen molar-refractivity contribution < 1.29 is 19.0 Å². The fourth-order valence-electron chi connectivity index (χ4n) is 3.33. The number of carbonyl (C=O) groups is 1. The topological polar surface area (TPSA) is 60.0 Å². The van der Waals surface area contributed by atoms with Gasteiger partial charge in [-0.3, -0.25) is 4.79 Å². The summed E-state index contributed by atoms with van der Waals surface area (Å²) in [6, 6.07) is 12.8. The zero-order chi connectivity index (χ0) is 18.8. The predicted octanol–water partition coefficient (Wildman–Crippen LogP) is 3.34. The summed E-state index contributed by atoms with van der Waals surface area (Å²) in [6.45, 7) is 4.53. The Kier molecular flexibility index (Phi) is 5.09. The number of ether oxygens (including phenoxy) is 3. The van der Waals surface area contributed by atoms with Gasteiger partial charge >= 0.3 is 0 Å². The van der Waals surface area contributed by atoms with Crippen molar-refractivity contribution in [3.8, 4) is 11.5 Å². The summed E-state index contributed by atoms with van der Waals surface area (Å²) in [5, 5.41) is 3.56. The lowest BCUT2D eigenvalue weighted by molar-refractivity contribution is -0.128. The minimum atomic E-state index is -0.753. The summed E-state index contributed by atoms with van der Waals surface area (Å²) < 4.78 is 17.1. The molecule has 7 heteroatoms. The molecule has 4 rings (SSSR count). The largest absolute Gasteiger partial charge is 0.482 e. The van der Waals surface area contributed by atoms with Gasteiger partial charge in [0.2, 0.25) is 6.10 Å². The van der Waals surface area contributed by atoms with Crippen molar-refractivity contribution in [1.29, 1.82) is 0 Å². The highest BCUT2D eigenvalue weighted by Gasteiger charge is 2.34. The Labute approximate surface area is 163 Å². The van der Waals surface area contributed by atoms with Crippen molar-refractivity contribution in [2.24, 2.45) is 0 Å². The van der Waals surface area contributed by atoms with Crippen molar-refractivity contribution in [1.82, 2.24) is 0 Å². The van der Waals surface area contributed by atoms with Gasteiger partial charge in [-0.15, -0.1) is 0 Å². The summed E-state index contributed by atoms with van der Waals surface area (Å²) >= 11 is 6.44. The number of halogens is 1. The molecule has 142 valence electrons. The van der Waals surface area contributed by atoms with E-state index in [0.717, 1.165) is 18.8 Å². The molecule has 2 aliphatic rings. The summed E-state index contributed by atoms with van der Waals surface area (Å²) in [5.41, 5.74) is 1.46. The number of nitrogens with one attached hydrogen (secondary N) is 1.